The number of nitrogens with one attached hydrogen (secondary N) is 2. The van der Waals surface area contributed by atoms with Crippen molar-refractivity contribution in [2.24, 2.45) is 17.4 Å². The summed E-state index contributed by atoms with van der Waals surface area (Å²) in [5.41, 5.74) is 17.2. The van der Waals surface area contributed by atoms with Gasteiger partial charge in [0.25, 0.3) is 0 Å². The van der Waals surface area contributed by atoms with Crippen molar-refractivity contribution in [3.05, 3.63) is 88.8 Å². The van der Waals surface area contributed by atoms with E-state index in [1.54, 1.807) is 0 Å². The molecule has 1 saturated carbocycles. The van der Waals surface area contributed by atoms with Gasteiger partial charge in [-0.15, -0.1) is 0 Å². The summed E-state index contributed by atoms with van der Waals surface area (Å²) in [5, 5.41) is 17.8. The third-order valence-corrected chi connectivity index (χ3v) is 9.38. The van der Waals surface area contributed by atoms with Crippen LogP contribution in [0.1, 0.15) is 61.0 Å². The van der Waals surface area contributed by atoms with E-state index in [0.29, 0.717) is 19.5 Å². The molecule has 5 rings (SSSR count). The molecule has 3 aromatic rings. The highest BCUT2D eigenvalue weighted by atomic mass is 32.1. The van der Waals surface area contributed by atoms with E-state index in [2.05, 4.69) is 35.3 Å². The van der Waals surface area contributed by atoms with Gasteiger partial charge >= 0.3 is 6.09 Å². The van der Waals surface area contributed by atoms with E-state index in [0.717, 1.165) is 83.4 Å². The molecule has 220 valence electrons. The lowest BCUT2D eigenvalue weighted by Crippen LogP contribution is -2.50. The zero-order valence-electron chi connectivity index (χ0n) is 23.9. The summed E-state index contributed by atoms with van der Waals surface area (Å²) in [6.45, 7) is 0.989. The van der Waals surface area contributed by atoms with Gasteiger partial charge in [-0.1, -0.05) is 73.6 Å². The monoisotopic (exact) mass is 584 g/mol. The van der Waals surface area contributed by atoms with Crippen LogP contribution < -0.4 is 11.5 Å². The van der Waals surface area contributed by atoms with Crippen LogP contribution in [0.2, 0.25) is 0 Å². The lowest BCUT2D eigenvalue weighted by Gasteiger charge is -2.47. The number of H-pyrrole nitrogens is 1. The lowest BCUT2D eigenvalue weighted by molar-refractivity contribution is 0.0943. The zero-order chi connectivity index (χ0) is 29.7. The van der Waals surface area contributed by atoms with Crippen LogP contribution in [0.4, 0.5) is 4.79 Å². The maximum absolute atomic E-state index is 12.3. The number of carbonyl (C=O) groups is 1. The Morgan fingerprint density at radius 3 is 2.74 bits per heavy atom. The molecule has 1 fully saturated rings. The number of nitrogen functional groups attached to an aromatic ring is 1. The molecule has 2 unspecified atom stereocenters. The van der Waals surface area contributed by atoms with Crippen LogP contribution in [0, 0.1) is 11.3 Å². The first-order chi connectivity index (χ1) is 20.3. The Labute approximate surface area is 252 Å². The molecule has 2 aliphatic rings. The quantitative estimate of drug-likeness (QED) is 0.112. The predicted molar refractivity (Wildman–Crippen MR) is 172 cm³/mol. The summed E-state index contributed by atoms with van der Waals surface area (Å²) in [4.78, 5) is 23.2. The van der Waals surface area contributed by atoms with Crippen molar-refractivity contribution in [2.45, 2.75) is 56.8 Å². The zero-order valence-corrected chi connectivity index (χ0v) is 24.8. The van der Waals surface area contributed by atoms with Crippen LogP contribution in [-0.4, -0.2) is 56.4 Å². The number of fused-ring (bicyclic) bond motifs is 1. The Morgan fingerprint density at radius 2 is 2.02 bits per heavy atom. The number of aromatic amines is 1. The van der Waals surface area contributed by atoms with E-state index in [-0.39, 0.29) is 23.7 Å². The molecule has 1 heterocycles. The molecule has 7 N–H and O–H groups in total. The Hall–Kier alpha value is -3.82. The summed E-state index contributed by atoms with van der Waals surface area (Å²) < 4.78 is 0. The van der Waals surface area contributed by atoms with Crippen LogP contribution in [-0.2, 0) is 18.3 Å². The highest BCUT2D eigenvalue weighted by molar-refractivity contribution is 7.80. The predicted octanol–water partition coefficient (Wildman–Crippen LogP) is 5.65. The van der Waals surface area contributed by atoms with Crippen LogP contribution in [0.15, 0.2) is 66.3 Å². The number of carboxylic acid groups (broad SMARTS) is 1. The van der Waals surface area contributed by atoms with Crippen molar-refractivity contribution in [3.8, 4) is 0 Å². The van der Waals surface area contributed by atoms with Gasteiger partial charge < -0.3 is 26.5 Å². The third-order valence-electron chi connectivity index (χ3n) is 8.96. The van der Waals surface area contributed by atoms with Crippen LogP contribution in [0.5, 0.6) is 0 Å². The third kappa shape index (κ3) is 6.47. The van der Waals surface area contributed by atoms with Crippen LogP contribution in [0.25, 0.3) is 11.0 Å². The standard InChI is InChI=1S/C33H40N6O2S/c34-17-18-39(32(40)41)21-33(16-4-3-6-25(33)13-10-22-8-11-23(12-9-22)31(35)36)26-14-15-27-28(20-26)38-30(37-27)19-24-5-1-2-7-29(24)42/h1-2,5,8-9,11-12,14-15,20,25H,3-4,6-7,10,13,16-19,21,34H2,(H3,35,36)(H,37,38)(H,40,41). The maximum atomic E-state index is 12.3. The fraction of sp³-hybridized carbons (Fsp3) is 0.394. The summed E-state index contributed by atoms with van der Waals surface area (Å²) in [6, 6.07) is 14.3. The van der Waals surface area contributed by atoms with E-state index in [1.165, 1.54) is 10.5 Å². The van der Waals surface area contributed by atoms with Crippen molar-refractivity contribution >= 4 is 40.0 Å². The minimum atomic E-state index is -0.933. The summed E-state index contributed by atoms with van der Waals surface area (Å²) in [6.07, 6.45) is 12.6. The van der Waals surface area contributed by atoms with E-state index < -0.39 is 6.09 Å². The van der Waals surface area contributed by atoms with Gasteiger partial charge in [-0.2, -0.15) is 0 Å². The fourth-order valence-electron chi connectivity index (χ4n) is 6.72. The normalized spacial score (nSPS) is 20.5. The topological polar surface area (TPSA) is 145 Å². The number of hydrogen-bond donors (Lipinski definition) is 5. The number of rotatable bonds is 11. The Morgan fingerprint density at radius 1 is 1.21 bits per heavy atom. The number of thiocarbonyl (C=S) groups is 1. The van der Waals surface area contributed by atoms with E-state index >= 15 is 0 Å². The van der Waals surface area contributed by atoms with Gasteiger partial charge in [0.1, 0.15) is 11.7 Å². The molecule has 0 spiro atoms. The largest absolute Gasteiger partial charge is 0.465 e. The van der Waals surface area contributed by atoms with Crippen molar-refractivity contribution in [1.82, 2.24) is 14.9 Å². The molecule has 2 atom stereocenters. The minimum absolute atomic E-state index is 0.0634. The first-order valence-electron chi connectivity index (χ1n) is 14.8. The number of nitrogens with two attached hydrogens (primary N) is 2. The number of aryl methyl sites for hydroxylation is 1. The van der Waals surface area contributed by atoms with Crippen LogP contribution >= 0.6 is 12.2 Å². The summed E-state index contributed by atoms with van der Waals surface area (Å²) in [5.74, 6) is 1.23. The van der Waals surface area contributed by atoms with Crippen LogP contribution in [0.3, 0.4) is 0 Å². The average molecular weight is 585 g/mol. The van der Waals surface area contributed by atoms with Gasteiger partial charge in [-0.05, 0) is 60.4 Å². The Balaban J connectivity index is 1.48. The first-order valence-corrected chi connectivity index (χ1v) is 15.2. The molecule has 8 nitrogen and oxygen atoms in total. The minimum Gasteiger partial charge on any atom is -0.465 e. The summed E-state index contributed by atoms with van der Waals surface area (Å²) in [7, 11) is 0. The first kappa shape index (κ1) is 29.7. The fourth-order valence-corrected chi connectivity index (χ4v) is 6.95. The maximum Gasteiger partial charge on any atom is 0.407 e. The number of hydrogen-bond acceptors (Lipinski definition) is 5. The van der Waals surface area contributed by atoms with Gasteiger partial charge in [0.05, 0.1) is 11.0 Å². The molecular formula is C33H40N6O2S. The number of aromatic nitrogens is 2. The molecule has 42 heavy (non-hydrogen) atoms. The van der Waals surface area contributed by atoms with Crippen molar-refractivity contribution in [3.63, 3.8) is 0 Å². The highest BCUT2D eigenvalue weighted by Crippen LogP contribution is 2.47. The SMILES string of the molecule is N=C(N)c1ccc(CCC2CCCCC2(CN(CCN)C(=O)O)c2ccc3[nH]c(CC4=CC=CCC4=S)nc3c2)cc1. The summed E-state index contributed by atoms with van der Waals surface area (Å²) >= 11 is 5.56. The Kier molecular flexibility index (Phi) is 9.18. The Bertz CT molecular complexity index is 1530. The smallest absolute Gasteiger partial charge is 0.407 e. The second-order valence-electron chi connectivity index (χ2n) is 11.6. The molecule has 0 saturated heterocycles. The van der Waals surface area contributed by atoms with E-state index in [4.69, 9.17) is 34.1 Å². The number of amides is 1. The van der Waals surface area contributed by atoms with Crippen molar-refractivity contribution < 1.29 is 9.90 Å². The molecule has 2 aromatic carbocycles. The molecular weight excluding hydrogens is 544 g/mol. The molecule has 2 aliphatic carbocycles. The molecule has 9 heteroatoms. The molecule has 1 amide bonds. The highest BCUT2D eigenvalue weighted by Gasteiger charge is 2.44. The number of amidine groups is 1. The second-order valence-corrected chi connectivity index (χ2v) is 12.1. The molecule has 0 bridgehead atoms. The second kappa shape index (κ2) is 13.0. The number of nitrogens with zero attached hydrogens (tertiary/aromatic N) is 2. The molecule has 0 aliphatic heterocycles. The number of imidazole rings is 1. The van der Waals surface area contributed by atoms with Gasteiger partial charge in [0.2, 0.25) is 0 Å². The van der Waals surface area contributed by atoms with Gasteiger partial charge in [0.15, 0.2) is 0 Å². The van der Waals surface area contributed by atoms with Crippen molar-refractivity contribution in [1.29, 1.82) is 5.41 Å². The van der Waals surface area contributed by atoms with Gasteiger partial charge in [-0.3, -0.25) is 5.41 Å². The number of benzene rings is 2. The van der Waals surface area contributed by atoms with E-state index in [9.17, 15) is 9.90 Å². The lowest BCUT2D eigenvalue weighted by atomic mass is 9.60. The molecule has 1 aromatic heterocycles. The average Bonchev–Trinajstić information content (AvgIpc) is 3.39. The van der Waals surface area contributed by atoms with Gasteiger partial charge in [-0.25, -0.2) is 9.78 Å². The molecule has 0 radical (unpaired) electrons. The van der Waals surface area contributed by atoms with E-state index in [1.807, 2.05) is 30.3 Å². The van der Waals surface area contributed by atoms with Gasteiger partial charge in [0, 0.05) is 48.3 Å². The number of allylic oxidation sites excluding steroid dienone is 4. The van der Waals surface area contributed by atoms with Crippen molar-refractivity contribution in [2.75, 3.05) is 19.6 Å².